The average Bonchev–Trinajstić information content (AvgIpc) is 2.56. The summed E-state index contributed by atoms with van der Waals surface area (Å²) in [5.41, 5.74) is 1.65. The second-order valence-corrected chi connectivity index (χ2v) is 5.31. The molecule has 6 heteroatoms. The Morgan fingerprint density at radius 2 is 1.25 bits per heavy atom. The summed E-state index contributed by atoms with van der Waals surface area (Å²) < 4.78 is 25.5. The fraction of sp³-hybridized carbons (Fsp3) is 0.222. The van der Waals surface area contributed by atoms with Gasteiger partial charge in [-0.1, -0.05) is 24.3 Å². The zero-order valence-corrected chi connectivity index (χ0v) is 13.0. The van der Waals surface area contributed by atoms with Gasteiger partial charge in [0.25, 0.3) is 0 Å². The molecule has 0 bridgehead atoms. The summed E-state index contributed by atoms with van der Waals surface area (Å²) in [7, 11) is 0. The zero-order valence-electron chi connectivity index (χ0n) is 13.0. The van der Waals surface area contributed by atoms with Crippen LogP contribution < -0.4 is 10.6 Å². The Bertz CT molecular complexity index is 685. The number of rotatable bonds is 7. The number of carbonyl (C=O) groups is 2. The predicted octanol–water partition coefficient (Wildman–Crippen LogP) is 2.33. The van der Waals surface area contributed by atoms with E-state index in [9.17, 15) is 18.4 Å². The van der Waals surface area contributed by atoms with Crippen molar-refractivity contribution in [1.82, 2.24) is 10.6 Å². The van der Waals surface area contributed by atoms with E-state index in [1.165, 1.54) is 24.3 Å². The number of hydrogen-bond donors (Lipinski definition) is 2. The van der Waals surface area contributed by atoms with Crippen LogP contribution in [-0.4, -0.2) is 18.4 Å². The van der Waals surface area contributed by atoms with Crippen LogP contribution in [0.15, 0.2) is 48.5 Å². The van der Waals surface area contributed by atoms with E-state index in [1.807, 2.05) is 0 Å². The van der Waals surface area contributed by atoms with Crippen molar-refractivity contribution in [3.8, 4) is 0 Å². The molecule has 0 atom stereocenters. The molecule has 126 valence electrons. The molecule has 2 rings (SSSR count). The predicted molar refractivity (Wildman–Crippen MR) is 86.0 cm³/mol. The zero-order chi connectivity index (χ0) is 17.4. The maximum absolute atomic E-state index is 12.8. The third kappa shape index (κ3) is 6.16. The monoisotopic (exact) mass is 332 g/mol. The minimum Gasteiger partial charge on any atom is -0.355 e. The van der Waals surface area contributed by atoms with E-state index in [4.69, 9.17) is 0 Å². The van der Waals surface area contributed by atoms with Gasteiger partial charge in [-0.05, 0) is 41.8 Å². The van der Waals surface area contributed by atoms with Crippen molar-refractivity contribution < 1.29 is 18.4 Å². The van der Waals surface area contributed by atoms with Gasteiger partial charge in [0, 0.05) is 13.1 Å². The first-order chi connectivity index (χ1) is 11.5. The maximum Gasteiger partial charge on any atom is 0.229 e. The smallest absolute Gasteiger partial charge is 0.229 e. The largest absolute Gasteiger partial charge is 0.355 e. The Morgan fingerprint density at radius 1 is 0.750 bits per heavy atom. The molecule has 0 heterocycles. The number of amides is 2. The van der Waals surface area contributed by atoms with Gasteiger partial charge in [-0.2, -0.15) is 0 Å². The van der Waals surface area contributed by atoms with Crippen LogP contribution in [0.25, 0.3) is 0 Å². The highest BCUT2D eigenvalue weighted by molar-refractivity contribution is 5.96. The lowest BCUT2D eigenvalue weighted by Crippen LogP contribution is -2.32. The first-order valence-corrected chi connectivity index (χ1v) is 7.55. The molecule has 0 spiro atoms. The van der Waals surface area contributed by atoms with Gasteiger partial charge in [-0.15, -0.1) is 0 Å². The quantitative estimate of drug-likeness (QED) is 0.765. The molecule has 0 aliphatic carbocycles. The Hall–Kier alpha value is -2.76. The lowest BCUT2D eigenvalue weighted by molar-refractivity contribution is -0.129. The lowest BCUT2D eigenvalue weighted by Gasteiger charge is -2.07. The number of benzene rings is 2. The van der Waals surface area contributed by atoms with Crippen molar-refractivity contribution in [3.63, 3.8) is 0 Å². The summed E-state index contributed by atoms with van der Waals surface area (Å²) in [6.45, 7) is 0.609. The molecule has 2 aromatic carbocycles. The highest BCUT2D eigenvalue weighted by Gasteiger charge is 2.08. The second-order valence-electron chi connectivity index (χ2n) is 5.31. The van der Waals surface area contributed by atoms with Crippen LogP contribution in [0.3, 0.4) is 0 Å². The van der Waals surface area contributed by atoms with Crippen molar-refractivity contribution in [3.05, 3.63) is 71.3 Å². The van der Waals surface area contributed by atoms with Gasteiger partial charge in [0.05, 0.1) is 0 Å². The van der Waals surface area contributed by atoms with Crippen molar-refractivity contribution in [2.24, 2.45) is 0 Å². The van der Waals surface area contributed by atoms with Crippen LogP contribution in [0, 0.1) is 11.6 Å². The molecule has 24 heavy (non-hydrogen) atoms. The van der Waals surface area contributed by atoms with Crippen molar-refractivity contribution in [2.75, 3.05) is 6.54 Å². The molecule has 0 fully saturated rings. The van der Waals surface area contributed by atoms with Gasteiger partial charge < -0.3 is 10.6 Å². The minimum absolute atomic E-state index is 0.238. The summed E-state index contributed by atoms with van der Waals surface area (Å²) in [6, 6.07) is 11.8. The SMILES string of the molecule is O=C(CC(=O)NCc1ccc(F)cc1)NCCc1ccc(F)cc1. The van der Waals surface area contributed by atoms with Crippen LogP contribution in [0.5, 0.6) is 0 Å². The van der Waals surface area contributed by atoms with Crippen LogP contribution >= 0.6 is 0 Å². The molecule has 0 aromatic heterocycles. The number of nitrogens with one attached hydrogen (secondary N) is 2. The third-order valence-electron chi connectivity index (χ3n) is 3.37. The number of halogens is 2. The van der Waals surface area contributed by atoms with Gasteiger partial charge in [0.1, 0.15) is 18.1 Å². The summed E-state index contributed by atoms with van der Waals surface area (Å²) in [5.74, 6) is -1.43. The van der Waals surface area contributed by atoms with Gasteiger partial charge in [-0.25, -0.2) is 8.78 Å². The van der Waals surface area contributed by atoms with Gasteiger partial charge in [0.15, 0.2) is 0 Å². The van der Waals surface area contributed by atoms with E-state index in [1.54, 1.807) is 24.3 Å². The Balaban J connectivity index is 1.65. The highest BCUT2D eigenvalue weighted by atomic mass is 19.1. The van der Waals surface area contributed by atoms with E-state index in [2.05, 4.69) is 10.6 Å². The number of hydrogen-bond acceptors (Lipinski definition) is 2. The van der Waals surface area contributed by atoms with Crippen LogP contribution in [0.4, 0.5) is 8.78 Å². The second kappa shape index (κ2) is 8.76. The molecule has 2 amide bonds. The molecule has 0 unspecified atom stereocenters. The Morgan fingerprint density at radius 3 is 1.83 bits per heavy atom. The highest BCUT2D eigenvalue weighted by Crippen LogP contribution is 2.03. The summed E-state index contributed by atoms with van der Waals surface area (Å²) in [5, 5.41) is 5.24. The molecular formula is C18H18F2N2O2. The van der Waals surface area contributed by atoms with Crippen LogP contribution in [-0.2, 0) is 22.6 Å². The molecule has 2 aromatic rings. The molecule has 0 saturated carbocycles. The summed E-state index contributed by atoms with van der Waals surface area (Å²) >= 11 is 0. The van der Waals surface area contributed by atoms with Gasteiger partial charge >= 0.3 is 0 Å². The van der Waals surface area contributed by atoms with E-state index in [-0.39, 0.29) is 30.5 Å². The topological polar surface area (TPSA) is 58.2 Å². The Kier molecular flexibility index (Phi) is 6.42. The van der Waals surface area contributed by atoms with Crippen molar-refractivity contribution in [1.29, 1.82) is 0 Å². The van der Waals surface area contributed by atoms with Crippen molar-refractivity contribution >= 4 is 11.8 Å². The normalized spacial score (nSPS) is 10.2. The van der Waals surface area contributed by atoms with E-state index >= 15 is 0 Å². The van der Waals surface area contributed by atoms with E-state index < -0.39 is 5.91 Å². The lowest BCUT2D eigenvalue weighted by atomic mass is 10.1. The first kappa shape index (κ1) is 17.6. The van der Waals surface area contributed by atoms with E-state index in [0.717, 1.165) is 11.1 Å². The molecular weight excluding hydrogens is 314 g/mol. The summed E-state index contributed by atoms with van der Waals surface area (Å²) in [4.78, 5) is 23.3. The van der Waals surface area contributed by atoms with Gasteiger partial charge in [-0.3, -0.25) is 9.59 Å². The fourth-order valence-corrected chi connectivity index (χ4v) is 2.07. The molecule has 0 saturated heterocycles. The summed E-state index contributed by atoms with van der Waals surface area (Å²) in [6.07, 6.45) is 0.286. The van der Waals surface area contributed by atoms with Crippen molar-refractivity contribution in [2.45, 2.75) is 19.4 Å². The average molecular weight is 332 g/mol. The standard InChI is InChI=1S/C18H18F2N2O2/c19-15-5-1-13(2-6-15)9-10-21-17(23)11-18(24)22-12-14-3-7-16(20)8-4-14/h1-8H,9-12H2,(H,21,23)(H,22,24). The minimum atomic E-state index is -0.404. The molecule has 4 nitrogen and oxygen atoms in total. The first-order valence-electron chi connectivity index (χ1n) is 7.55. The van der Waals surface area contributed by atoms with Crippen LogP contribution in [0.1, 0.15) is 17.5 Å². The van der Waals surface area contributed by atoms with Crippen LogP contribution in [0.2, 0.25) is 0 Å². The molecule has 0 radical (unpaired) electrons. The maximum atomic E-state index is 12.8. The van der Waals surface area contributed by atoms with Gasteiger partial charge in [0.2, 0.25) is 11.8 Å². The molecule has 0 aliphatic heterocycles. The Labute approximate surface area is 138 Å². The molecule has 2 N–H and O–H groups in total. The molecule has 0 aliphatic rings. The van der Waals surface area contributed by atoms with E-state index in [0.29, 0.717) is 13.0 Å². The fourth-order valence-electron chi connectivity index (χ4n) is 2.07. The third-order valence-corrected chi connectivity index (χ3v) is 3.37. The number of carbonyl (C=O) groups excluding carboxylic acids is 2.